The average Bonchev–Trinajstić information content (AvgIpc) is 2.52. The second-order valence-electron chi connectivity index (χ2n) is 4.43. The maximum Gasteiger partial charge on any atom is 0.325 e. The van der Waals surface area contributed by atoms with Gasteiger partial charge in [0.2, 0.25) is 0 Å². The molecule has 8 nitrogen and oxygen atoms in total. The van der Waals surface area contributed by atoms with Gasteiger partial charge in [-0.05, 0) is 13.8 Å². The van der Waals surface area contributed by atoms with E-state index in [1.165, 1.54) is 14.2 Å². The second kappa shape index (κ2) is 5.25. The Morgan fingerprint density at radius 3 is 1.53 bits per heavy atom. The van der Waals surface area contributed by atoms with Crippen molar-refractivity contribution < 1.29 is 28.7 Å². The van der Waals surface area contributed by atoms with Gasteiger partial charge in [-0.3, -0.25) is 19.2 Å². The summed E-state index contributed by atoms with van der Waals surface area (Å²) in [6.07, 6.45) is 0. The number of hydrogen-bond donors (Lipinski definition) is 0. The number of ether oxygens (including phenoxy) is 2. The molecule has 1 aliphatic rings. The molecule has 0 aromatic rings. The molecule has 1 saturated heterocycles. The lowest BCUT2D eigenvalue weighted by Crippen LogP contribution is -2.52. The van der Waals surface area contributed by atoms with Crippen LogP contribution in [0.1, 0.15) is 13.8 Å². The van der Waals surface area contributed by atoms with Gasteiger partial charge in [0, 0.05) is 0 Å². The van der Waals surface area contributed by atoms with E-state index < -0.39 is 29.4 Å². The quantitative estimate of drug-likeness (QED) is 0.468. The lowest BCUT2D eigenvalue weighted by molar-refractivity contribution is -0.149. The molecule has 0 saturated carbocycles. The molecule has 0 atom stereocenters. The van der Waals surface area contributed by atoms with E-state index in [0.717, 1.165) is 9.80 Å². The van der Waals surface area contributed by atoms with Crippen LogP contribution in [0, 0.1) is 0 Å². The van der Waals surface area contributed by atoms with E-state index in [9.17, 15) is 19.2 Å². The van der Waals surface area contributed by atoms with E-state index in [0.29, 0.717) is 0 Å². The van der Waals surface area contributed by atoms with E-state index in [1.54, 1.807) is 13.8 Å². The molecule has 19 heavy (non-hydrogen) atoms. The van der Waals surface area contributed by atoms with Crippen molar-refractivity contribution in [1.82, 2.24) is 9.80 Å². The maximum atomic E-state index is 11.8. The maximum absolute atomic E-state index is 11.8. The van der Waals surface area contributed by atoms with Gasteiger partial charge in [0.05, 0.1) is 14.2 Å². The minimum atomic E-state index is -1.10. The molecule has 1 fully saturated rings. The first-order valence-corrected chi connectivity index (χ1v) is 5.53. The second-order valence-corrected chi connectivity index (χ2v) is 4.43. The predicted molar refractivity (Wildman–Crippen MR) is 61.5 cm³/mol. The predicted octanol–water partition coefficient (Wildman–Crippen LogP) is -1.26. The van der Waals surface area contributed by atoms with Crippen LogP contribution in [0.2, 0.25) is 0 Å². The fourth-order valence-corrected chi connectivity index (χ4v) is 1.79. The standard InChI is InChI=1S/C11H16N2O6/c1-11(2)12(5-7(14)18-3)9(16)10(17)13(11)6-8(15)19-4/h5-6H2,1-4H3. The Morgan fingerprint density at radius 2 is 1.26 bits per heavy atom. The molecule has 0 aliphatic carbocycles. The van der Waals surface area contributed by atoms with Crippen molar-refractivity contribution in [3.8, 4) is 0 Å². The Labute approximate surface area is 110 Å². The third kappa shape index (κ3) is 2.67. The Bertz CT molecular complexity index is 393. The number of hydrogen-bond acceptors (Lipinski definition) is 6. The van der Waals surface area contributed by atoms with Crippen molar-refractivity contribution in [3.05, 3.63) is 0 Å². The highest BCUT2D eigenvalue weighted by atomic mass is 16.5. The minimum absolute atomic E-state index is 0.355. The number of amides is 2. The van der Waals surface area contributed by atoms with Gasteiger partial charge in [0.25, 0.3) is 0 Å². The molecule has 0 radical (unpaired) electrons. The molecule has 1 heterocycles. The molecular formula is C11H16N2O6. The molecule has 0 aromatic heterocycles. The highest BCUT2D eigenvalue weighted by Crippen LogP contribution is 2.27. The fourth-order valence-electron chi connectivity index (χ4n) is 1.79. The minimum Gasteiger partial charge on any atom is -0.468 e. The van der Waals surface area contributed by atoms with E-state index in [-0.39, 0.29) is 13.1 Å². The van der Waals surface area contributed by atoms with Crippen LogP contribution in [0.3, 0.4) is 0 Å². The number of carbonyl (C=O) groups excluding carboxylic acids is 4. The van der Waals surface area contributed by atoms with Crippen LogP contribution in [0.5, 0.6) is 0 Å². The molecule has 0 unspecified atom stereocenters. The van der Waals surface area contributed by atoms with E-state index in [4.69, 9.17) is 0 Å². The topological polar surface area (TPSA) is 93.2 Å². The van der Waals surface area contributed by atoms with Gasteiger partial charge < -0.3 is 19.3 Å². The third-order valence-electron chi connectivity index (χ3n) is 3.02. The summed E-state index contributed by atoms with van der Waals surface area (Å²) in [5, 5.41) is 0. The molecule has 0 N–H and O–H groups in total. The number of nitrogens with zero attached hydrogens (tertiary/aromatic N) is 2. The van der Waals surface area contributed by atoms with Gasteiger partial charge in [-0.1, -0.05) is 0 Å². The van der Waals surface area contributed by atoms with Crippen molar-refractivity contribution in [2.45, 2.75) is 19.5 Å². The first-order chi connectivity index (χ1) is 8.75. The first kappa shape index (κ1) is 14.9. The summed E-state index contributed by atoms with van der Waals surface area (Å²) in [4.78, 5) is 48.3. The number of carbonyl (C=O) groups is 4. The number of rotatable bonds is 4. The van der Waals surface area contributed by atoms with Gasteiger partial charge in [0.1, 0.15) is 18.8 Å². The SMILES string of the molecule is COC(=O)CN1C(=O)C(=O)N(CC(=O)OC)C1(C)C. The van der Waals surface area contributed by atoms with Crippen LogP contribution < -0.4 is 0 Å². The van der Waals surface area contributed by atoms with Crippen LogP contribution in [0.15, 0.2) is 0 Å². The summed E-state index contributed by atoms with van der Waals surface area (Å²) < 4.78 is 8.94. The Balaban J connectivity index is 2.98. The van der Waals surface area contributed by atoms with Gasteiger partial charge in [-0.25, -0.2) is 0 Å². The van der Waals surface area contributed by atoms with Crippen LogP contribution in [0.4, 0.5) is 0 Å². The highest BCUT2D eigenvalue weighted by Gasteiger charge is 2.51. The average molecular weight is 272 g/mol. The summed E-state index contributed by atoms with van der Waals surface area (Å²) in [7, 11) is 2.37. The van der Waals surface area contributed by atoms with Crippen molar-refractivity contribution in [3.63, 3.8) is 0 Å². The smallest absolute Gasteiger partial charge is 0.325 e. The molecule has 0 aromatic carbocycles. The zero-order valence-electron chi connectivity index (χ0n) is 11.3. The van der Waals surface area contributed by atoms with Crippen molar-refractivity contribution in [2.75, 3.05) is 27.3 Å². The van der Waals surface area contributed by atoms with Gasteiger partial charge in [0.15, 0.2) is 0 Å². The first-order valence-electron chi connectivity index (χ1n) is 5.53. The molecule has 8 heteroatoms. The summed E-state index contributed by atoms with van der Waals surface area (Å²) in [5.41, 5.74) is -1.10. The number of esters is 2. The van der Waals surface area contributed by atoms with Crippen LogP contribution in [-0.2, 0) is 28.7 Å². The third-order valence-corrected chi connectivity index (χ3v) is 3.02. The fraction of sp³-hybridized carbons (Fsp3) is 0.636. The molecule has 0 bridgehead atoms. The van der Waals surface area contributed by atoms with Crippen molar-refractivity contribution >= 4 is 23.8 Å². The summed E-state index contributed by atoms with van der Waals surface area (Å²) >= 11 is 0. The zero-order valence-corrected chi connectivity index (χ0v) is 11.3. The monoisotopic (exact) mass is 272 g/mol. The van der Waals surface area contributed by atoms with Gasteiger partial charge in [-0.2, -0.15) is 0 Å². The Morgan fingerprint density at radius 1 is 0.947 bits per heavy atom. The van der Waals surface area contributed by atoms with E-state index in [1.807, 2.05) is 0 Å². The van der Waals surface area contributed by atoms with Crippen LogP contribution >= 0.6 is 0 Å². The molecule has 106 valence electrons. The van der Waals surface area contributed by atoms with E-state index >= 15 is 0 Å². The van der Waals surface area contributed by atoms with Crippen LogP contribution in [0.25, 0.3) is 0 Å². The van der Waals surface area contributed by atoms with Crippen LogP contribution in [-0.4, -0.2) is 66.5 Å². The summed E-state index contributed by atoms with van der Waals surface area (Å²) in [6, 6.07) is 0. The van der Waals surface area contributed by atoms with Gasteiger partial charge >= 0.3 is 23.8 Å². The molecule has 2 amide bonds. The van der Waals surface area contributed by atoms with Crippen molar-refractivity contribution in [2.24, 2.45) is 0 Å². The molecule has 0 spiro atoms. The molecule has 1 rings (SSSR count). The number of methoxy groups -OCH3 is 2. The van der Waals surface area contributed by atoms with E-state index in [2.05, 4.69) is 9.47 Å². The molecular weight excluding hydrogens is 256 g/mol. The highest BCUT2D eigenvalue weighted by molar-refractivity contribution is 6.37. The molecule has 1 aliphatic heterocycles. The zero-order chi connectivity index (χ0) is 14.8. The lowest BCUT2D eigenvalue weighted by atomic mass is 10.2. The van der Waals surface area contributed by atoms with Crippen molar-refractivity contribution in [1.29, 1.82) is 0 Å². The normalized spacial score (nSPS) is 17.7. The summed E-state index contributed by atoms with van der Waals surface area (Å²) in [5.74, 6) is -2.98. The Hall–Kier alpha value is -2.12. The largest absolute Gasteiger partial charge is 0.468 e. The Kier molecular flexibility index (Phi) is 4.13. The van der Waals surface area contributed by atoms with Gasteiger partial charge in [-0.15, -0.1) is 0 Å². The lowest BCUT2D eigenvalue weighted by Gasteiger charge is -2.35. The summed E-state index contributed by atoms with van der Waals surface area (Å²) in [6.45, 7) is 2.40.